The third kappa shape index (κ3) is 5.14. The second kappa shape index (κ2) is 11.0. The maximum atomic E-state index is 13.0. The molecule has 1 aliphatic heterocycles. The number of aromatic nitrogens is 4. The fourth-order valence-electron chi connectivity index (χ4n) is 5.19. The van der Waals surface area contributed by atoms with E-state index in [2.05, 4.69) is 4.98 Å². The molecule has 1 amide bonds. The van der Waals surface area contributed by atoms with Crippen LogP contribution < -0.4 is 15.2 Å². The summed E-state index contributed by atoms with van der Waals surface area (Å²) in [4.78, 5) is 37.9. The summed E-state index contributed by atoms with van der Waals surface area (Å²) in [7, 11) is 1.64. The molecule has 0 radical (unpaired) electrons. The van der Waals surface area contributed by atoms with E-state index in [1.165, 1.54) is 10.7 Å². The Morgan fingerprint density at radius 3 is 2.67 bits per heavy atom. The second-order valence-corrected chi connectivity index (χ2v) is 9.81. The van der Waals surface area contributed by atoms with Crippen LogP contribution in [-0.4, -0.2) is 74.1 Å². The number of nitrogens with zero attached hydrogens (tertiary/aromatic N) is 6. The van der Waals surface area contributed by atoms with Crippen LogP contribution in [0.1, 0.15) is 18.2 Å². The van der Waals surface area contributed by atoms with Crippen LogP contribution in [0.5, 0.6) is 5.75 Å². The van der Waals surface area contributed by atoms with Crippen molar-refractivity contribution < 1.29 is 23.4 Å². The molecule has 0 unspecified atom stereocenters. The van der Waals surface area contributed by atoms with Crippen molar-refractivity contribution in [3.63, 3.8) is 0 Å². The minimum absolute atomic E-state index is 0.0264. The monoisotopic (exact) mass is 552 g/mol. The van der Waals surface area contributed by atoms with E-state index in [-0.39, 0.29) is 29.8 Å². The van der Waals surface area contributed by atoms with Gasteiger partial charge in [0.15, 0.2) is 0 Å². The molecule has 2 aromatic heterocycles. The lowest BCUT2D eigenvalue weighted by atomic mass is 10.0. The largest absolute Gasteiger partial charge is 0.434 e. The van der Waals surface area contributed by atoms with Crippen LogP contribution in [0.25, 0.3) is 22.0 Å². The fourth-order valence-corrected chi connectivity index (χ4v) is 5.19. The number of rotatable bonds is 7. The van der Waals surface area contributed by atoms with Gasteiger partial charge in [0.25, 0.3) is 5.56 Å². The Bertz CT molecular complexity index is 1620. The van der Waals surface area contributed by atoms with E-state index in [9.17, 15) is 18.4 Å². The number of aliphatic hydroxyl groups is 1. The second-order valence-electron chi connectivity index (χ2n) is 9.81. The molecule has 1 N–H and O–H groups in total. The van der Waals surface area contributed by atoms with Gasteiger partial charge in [-0.1, -0.05) is 24.3 Å². The number of para-hydroxylation sites is 1. The highest BCUT2D eigenvalue weighted by molar-refractivity contribution is 5.85. The van der Waals surface area contributed by atoms with Crippen LogP contribution in [-0.2, 0) is 18.4 Å². The van der Waals surface area contributed by atoms with Crippen molar-refractivity contribution in [2.45, 2.75) is 33.0 Å². The molecule has 1 atom stereocenters. The molecule has 0 bridgehead atoms. The number of hydrogen-bond donors (Lipinski definition) is 1. The van der Waals surface area contributed by atoms with Crippen molar-refractivity contribution in [3.05, 3.63) is 70.3 Å². The van der Waals surface area contributed by atoms with Crippen molar-refractivity contribution in [1.29, 1.82) is 0 Å². The number of alkyl halides is 2. The molecular formula is C28H30F2N6O4. The number of hydrogen-bond acceptors (Lipinski definition) is 7. The van der Waals surface area contributed by atoms with E-state index in [1.807, 2.05) is 30.9 Å². The van der Waals surface area contributed by atoms with Crippen LogP contribution in [0.15, 0.2) is 53.5 Å². The first-order valence-electron chi connectivity index (χ1n) is 12.9. The van der Waals surface area contributed by atoms with Crippen LogP contribution in [0.2, 0.25) is 0 Å². The lowest BCUT2D eigenvalue weighted by Gasteiger charge is -2.39. The number of benzene rings is 2. The topological polar surface area (TPSA) is 106 Å². The number of piperazine rings is 1. The molecule has 5 rings (SSSR count). The third-order valence-corrected chi connectivity index (χ3v) is 7.32. The maximum Gasteiger partial charge on any atom is 0.387 e. The molecule has 3 heterocycles. The third-order valence-electron chi connectivity index (χ3n) is 7.32. The molecule has 1 saturated heterocycles. The van der Waals surface area contributed by atoms with Gasteiger partial charge < -0.3 is 19.6 Å². The smallest absolute Gasteiger partial charge is 0.387 e. The van der Waals surface area contributed by atoms with Crippen molar-refractivity contribution in [1.82, 2.24) is 24.2 Å². The molecule has 0 aliphatic carbocycles. The summed E-state index contributed by atoms with van der Waals surface area (Å²) < 4.78 is 33.8. The van der Waals surface area contributed by atoms with Gasteiger partial charge in [0, 0.05) is 50.0 Å². The standard InChI is InChI=1S/C28H30F2N6O4/c1-17-14-34(25(38)16-37)10-11-35(17)28-31-13-22(18(2)32-28)19-8-9-21-23(12-19)36(33(3)26(21)39)15-20-6-4-5-7-24(20)40-27(29)30/h4-9,12-13,17,27,37H,10-11,14-16H2,1-3H3/t17-/m0/s1. The van der Waals surface area contributed by atoms with Crippen LogP contribution >= 0.6 is 0 Å². The normalized spacial score (nSPS) is 15.7. The van der Waals surface area contributed by atoms with E-state index in [1.54, 1.807) is 47.1 Å². The summed E-state index contributed by atoms with van der Waals surface area (Å²) in [6.07, 6.45) is 1.74. The molecule has 0 saturated carbocycles. The number of aliphatic hydroxyl groups excluding tert-OH is 1. The molecule has 210 valence electrons. The van der Waals surface area contributed by atoms with E-state index in [0.717, 1.165) is 16.8 Å². The number of anilines is 1. The van der Waals surface area contributed by atoms with Gasteiger partial charge in [-0.25, -0.2) is 9.97 Å². The molecule has 4 aromatic rings. The van der Waals surface area contributed by atoms with E-state index >= 15 is 0 Å². The minimum Gasteiger partial charge on any atom is -0.434 e. The van der Waals surface area contributed by atoms with Gasteiger partial charge in [0.2, 0.25) is 11.9 Å². The zero-order valence-electron chi connectivity index (χ0n) is 22.4. The highest BCUT2D eigenvalue weighted by Gasteiger charge is 2.28. The Morgan fingerprint density at radius 2 is 1.98 bits per heavy atom. The number of carbonyl (C=O) groups is 1. The van der Waals surface area contributed by atoms with Crippen molar-refractivity contribution in [2.75, 3.05) is 31.1 Å². The van der Waals surface area contributed by atoms with Gasteiger partial charge in [-0.3, -0.25) is 19.0 Å². The average Bonchev–Trinajstić information content (AvgIpc) is 3.17. The summed E-state index contributed by atoms with van der Waals surface area (Å²) in [5.41, 5.74) is 3.28. The Kier molecular flexibility index (Phi) is 7.53. The maximum absolute atomic E-state index is 13.0. The van der Waals surface area contributed by atoms with Gasteiger partial charge in [-0.15, -0.1) is 0 Å². The molecule has 1 aliphatic rings. The lowest BCUT2D eigenvalue weighted by Crippen LogP contribution is -2.54. The number of halogens is 2. The van der Waals surface area contributed by atoms with Crippen molar-refractivity contribution >= 4 is 22.8 Å². The zero-order valence-corrected chi connectivity index (χ0v) is 22.4. The number of aryl methyl sites for hydroxylation is 1. The first-order chi connectivity index (χ1) is 19.2. The SMILES string of the molecule is Cc1nc(N2CCN(C(=O)CO)C[C@@H]2C)ncc1-c1ccc2c(=O)n(C)n(Cc3ccccc3OC(F)F)c2c1. The highest BCUT2D eigenvalue weighted by atomic mass is 19.3. The molecule has 1 fully saturated rings. The van der Waals surface area contributed by atoms with Crippen LogP contribution in [0, 0.1) is 6.92 Å². The van der Waals surface area contributed by atoms with E-state index < -0.39 is 13.2 Å². The first-order valence-corrected chi connectivity index (χ1v) is 12.9. The number of carbonyl (C=O) groups excluding carboxylic acids is 1. The van der Waals surface area contributed by atoms with Gasteiger partial charge >= 0.3 is 6.61 Å². The van der Waals surface area contributed by atoms with Crippen LogP contribution in [0.4, 0.5) is 14.7 Å². The Balaban J connectivity index is 1.46. The molecule has 10 nitrogen and oxygen atoms in total. The summed E-state index contributed by atoms with van der Waals surface area (Å²) >= 11 is 0. The summed E-state index contributed by atoms with van der Waals surface area (Å²) in [6, 6.07) is 12.0. The Labute approximate surface area is 229 Å². The number of amides is 1. The van der Waals surface area contributed by atoms with Gasteiger partial charge in [-0.05, 0) is 37.6 Å². The van der Waals surface area contributed by atoms with Gasteiger partial charge in [-0.2, -0.15) is 8.78 Å². The predicted octanol–water partition coefficient (Wildman–Crippen LogP) is 2.78. The Morgan fingerprint density at radius 1 is 1.20 bits per heavy atom. The van der Waals surface area contributed by atoms with E-state index in [4.69, 9.17) is 14.8 Å². The predicted molar refractivity (Wildman–Crippen MR) is 146 cm³/mol. The molecule has 12 heteroatoms. The fraction of sp³-hybridized carbons (Fsp3) is 0.357. The quantitative estimate of drug-likeness (QED) is 0.376. The summed E-state index contributed by atoms with van der Waals surface area (Å²) in [5.74, 6) is 0.315. The average molecular weight is 553 g/mol. The summed E-state index contributed by atoms with van der Waals surface area (Å²) in [6.45, 7) is 2.04. The van der Waals surface area contributed by atoms with Gasteiger partial charge in [0.05, 0.1) is 23.1 Å². The lowest BCUT2D eigenvalue weighted by molar-refractivity contribution is -0.134. The van der Waals surface area contributed by atoms with Crippen LogP contribution in [0.3, 0.4) is 0 Å². The molecule has 0 spiro atoms. The van der Waals surface area contributed by atoms with Crippen molar-refractivity contribution in [3.8, 4) is 16.9 Å². The van der Waals surface area contributed by atoms with E-state index in [0.29, 0.717) is 42.0 Å². The Hall–Kier alpha value is -4.32. The number of ether oxygens (including phenoxy) is 1. The molecular weight excluding hydrogens is 522 g/mol. The first kappa shape index (κ1) is 27.3. The van der Waals surface area contributed by atoms with Gasteiger partial charge in [0.1, 0.15) is 12.4 Å². The number of fused-ring (bicyclic) bond motifs is 1. The van der Waals surface area contributed by atoms with Crippen molar-refractivity contribution in [2.24, 2.45) is 7.05 Å². The highest BCUT2D eigenvalue weighted by Crippen LogP contribution is 2.29. The minimum atomic E-state index is -2.96. The molecule has 2 aromatic carbocycles. The molecule has 40 heavy (non-hydrogen) atoms. The summed E-state index contributed by atoms with van der Waals surface area (Å²) in [5, 5.41) is 9.66. The zero-order chi connectivity index (χ0) is 28.6.